The van der Waals surface area contributed by atoms with Crippen molar-refractivity contribution >= 4 is 38.6 Å². The summed E-state index contributed by atoms with van der Waals surface area (Å²) in [5, 5.41) is 8.64. The van der Waals surface area contributed by atoms with Gasteiger partial charge in [-0.05, 0) is 59.1 Å². The molecule has 170 valence electrons. The largest absolute Gasteiger partial charge is 0.416 e. The van der Waals surface area contributed by atoms with Crippen molar-refractivity contribution in [3.63, 3.8) is 0 Å². The summed E-state index contributed by atoms with van der Waals surface area (Å²) in [5.74, 6) is -0.0167. The van der Waals surface area contributed by atoms with Crippen LogP contribution in [0.25, 0.3) is 11.1 Å². The highest BCUT2D eigenvalue weighted by atomic mass is 32.2. The quantitative estimate of drug-likeness (QED) is 0.396. The number of benzene rings is 2. The van der Waals surface area contributed by atoms with Crippen LogP contribution >= 0.6 is 11.3 Å². The Hall–Kier alpha value is -2.85. The predicted octanol–water partition coefficient (Wildman–Crippen LogP) is 6.65. The van der Waals surface area contributed by atoms with Gasteiger partial charge in [-0.25, -0.2) is 13.2 Å². The highest BCUT2D eigenvalue weighted by molar-refractivity contribution is 7.91. The van der Waals surface area contributed by atoms with E-state index in [-0.39, 0.29) is 22.0 Å². The fourth-order valence-corrected chi connectivity index (χ4v) is 5.13. The Morgan fingerprint density at radius 2 is 1.84 bits per heavy atom. The number of alkyl halides is 3. The van der Waals surface area contributed by atoms with Gasteiger partial charge in [-0.1, -0.05) is 25.5 Å². The number of unbranched alkanes of at least 4 members (excludes halogenated alkanes) is 1. The number of urea groups is 1. The maximum absolute atomic E-state index is 12.9. The van der Waals surface area contributed by atoms with E-state index in [0.29, 0.717) is 12.0 Å². The number of carbonyl (C=O) groups excluding carboxylic acids is 1. The molecule has 0 spiro atoms. The van der Waals surface area contributed by atoms with Crippen LogP contribution in [0.15, 0.2) is 64.2 Å². The van der Waals surface area contributed by atoms with Crippen LogP contribution in [0.2, 0.25) is 0 Å². The third-order valence-electron chi connectivity index (χ3n) is 4.64. The molecule has 0 aliphatic heterocycles. The lowest BCUT2D eigenvalue weighted by Gasteiger charge is -2.14. The van der Waals surface area contributed by atoms with Crippen LogP contribution in [0.3, 0.4) is 0 Å². The maximum atomic E-state index is 12.9. The number of thiophene rings is 1. The molecule has 0 unspecified atom stereocenters. The summed E-state index contributed by atoms with van der Waals surface area (Å²) in [4.78, 5) is 12.6. The summed E-state index contributed by atoms with van der Waals surface area (Å²) in [6, 6.07) is 9.77. The average molecular weight is 483 g/mol. The molecule has 0 bridgehead atoms. The fraction of sp³-hybridized carbons (Fsp3) is 0.227. The fourth-order valence-electron chi connectivity index (χ4n) is 3.00. The minimum atomic E-state index is -4.54. The Labute approximate surface area is 188 Å². The van der Waals surface area contributed by atoms with Crippen molar-refractivity contribution in [2.24, 2.45) is 0 Å². The van der Waals surface area contributed by atoms with E-state index >= 15 is 0 Å². The summed E-state index contributed by atoms with van der Waals surface area (Å²) in [5.41, 5.74) is 0.687. The molecule has 0 radical (unpaired) electrons. The molecular formula is C22H21F3N2O3S2. The first-order valence-electron chi connectivity index (χ1n) is 9.75. The lowest BCUT2D eigenvalue weighted by atomic mass is 10.1. The van der Waals surface area contributed by atoms with E-state index in [1.807, 2.05) is 23.8 Å². The van der Waals surface area contributed by atoms with Gasteiger partial charge in [-0.2, -0.15) is 24.5 Å². The number of carbonyl (C=O) groups is 1. The van der Waals surface area contributed by atoms with Crippen LogP contribution in [-0.2, 0) is 16.0 Å². The standard InChI is InChI=1S/C22H21F3N2O3S2/c1-2-3-11-32(29,30)18-7-8-19(15-9-10-31-14-15)20(13-18)27-21(28)26-17-6-4-5-16(12-17)22(23,24)25/h4-10,12-14H,2-3,11H2,1H3,(H2,26,27,28). The van der Waals surface area contributed by atoms with Gasteiger partial charge in [0.25, 0.3) is 0 Å². The van der Waals surface area contributed by atoms with Crippen LogP contribution in [0, 0.1) is 0 Å². The monoisotopic (exact) mass is 482 g/mol. The minimum Gasteiger partial charge on any atom is -0.308 e. The molecule has 3 aromatic rings. The number of rotatable bonds is 7. The predicted molar refractivity (Wildman–Crippen MR) is 121 cm³/mol. The van der Waals surface area contributed by atoms with Crippen molar-refractivity contribution in [3.05, 3.63) is 64.9 Å². The van der Waals surface area contributed by atoms with Crippen molar-refractivity contribution in [1.82, 2.24) is 0 Å². The number of halogens is 3. The van der Waals surface area contributed by atoms with E-state index in [2.05, 4.69) is 10.6 Å². The molecule has 0 aliphatic rings. The molecule has 0 aliphatic carbocycles. The molecule has 0 atom stereocenters. The number of hydrogen-bond acceptors (Lipinski definition) is 4. The van der Waals surface area contributed by atoms with E-state index in [1.165, 1.54) is 35.6 Å². The van der Waals surface area contributed by atoms with Crippen molar-refractivity contribution in [3.8, 4) is 11.1 Å². The first-order chi connectivity index (χ1) is 15.1. The Bertz CT molecular complexity index is 1190. The highest BCUT2D eigenvalue weighted by Gasteiger charge is 2.30. The minimum absolute atomic E-state index is 0.0167. The van der Waals surface area contributed by atoms with E-state index in [0.717, 1.165) is 24.1 Å². The lowest BCUT2D eigenvalue weighted by Crippen LogP contribution is -2.20. The Kier molecular flexibility index (Phi) is 7.25. The molecule has 0 saturated heterocycles. The van der Waals surface area contributed by atoms with Crippen molar-refractivity contribution < 1.29 is 26.4 Å². The molecule has 1 aromatic heterocycles. The van der Waals surface area contributed by atoms with Gasteiger partial charge in [-0.3, -0.25) is 0 Å². The molecule has 2 aromatic carbocycles. The maximum Gasteiger partial charge on any atom is 0.416 e. The highest BCUT2D eigenvalue weighted by Crippen LogP contribution is 2.33. The normalized spacial score (nSPS) is 11.9. The summed E-state index contributed by atoms with van der Waals surface area (Å²) in [6.07, 6.45) is -3.31. The van der Waals surface area contributed by atoms with Crippen molar-refractivity contribution in [1.29, 1.82) is 0 Å². The van der Waals surface area contributed by atoms with Gasteiger partial charge in [0.1, 0.15) is 0 Å². The molecule has 10 heteroatoms. The molecule has 3 rings (SSSR count). The van der Waals surface area contributed by atoms with Gasteiger partial charge in [0, 0.05) is 11.3 Å². The van der Waals surface area contributed by atoms with Crippen LogP contribution in [0.4, 0.5) is 29.3 Å². The van der Waals surface area contributed by atoms with Gasteiger partial charge in [0.05, 0.1) is 21.9 Å². The van der Waals surface area contributed by atoms with Crippen molar-refractivity contribution in [2.75, 3.05) is 16.4 Å². The molecule has 0 fully saturated rings. The number of anilines is 2. The molecule has 32 heavy (non-hydrogen) atoms. The SMILES string of the molecule is CCCCS(=O)(=O)c1ccc(-c2ccsc2)c(NC(=O)Nc2cccc(C(F)(F)F)c2)c1. The number of sulfone groups is 1. The van der Waals surface area contributed by atoms with E-state index in [9.17, 15) is 26.4 Å². The van der Waals surface area contributed by atoms with Gasteiger partial charge >= 0.3 is 12.2 Å². The summed E-state index contributed by atoms with van der Waals surface area (Å²) < 4.78 is 64.0. The second kappa shape index (κ2) is 9.74. The van der Waals surface area contributed by atoms with Gasteiger partial charge in [0.2, 0.25) is 0 Å². The zero-order valence-electron chi connectivity index (χ0n) is 17.1. The number of hydrogen-bond donors (Lipinski definition) is 2. The van der Waals surface area contributed by atoms with E-state index < -0.39 is 27.6 Å². The third-order valence-corrected chi connectivity index (χ3v) is 7.13. The second-order valence-corrected chi connectivity index (χ2v) is 9.94. The summed E-state index contributed by atoms with van der Waals surface area (Å²) in [6.45, 7) is 1.89. The number of amides is 2. The van der Waals surface area contributed by atoms with Crippen molar-refractivity contribution in [2.45, 2.75) is 30.8 Å². The summed E-state index contributed by atoms with van der Waals surface area (Å²) in [7, 11) is -3.54. The molecule has 2 N–H and O–H groups in total. The smallest absolute Gasteiger partial charge is 0.308 e. The molecule has 5 nitrogen and oxygen atoms in total. The van der Waals surface area contributed by atoms with Crippen LogP contribution in [0.1, 0.15) is 25.3 Å². The number of nitrogens with one attached hydrogen (secondary N) is 2. The van der Waals surface area contributed by atoms with Gasteiger partial charge in [0.15, 0.2) is 9.84 Å². The second-order valence-electron chi connectivity index (χ2n) is 7.05. The van der Waals surface area contributed by atoms with E-state index in [4.69, 9.17) is 0 Å². The summed E-state index contributed by atoms with van der Waals surface area (Å²) >= 11 is 1.44. The van der Waals surface area contributed by atoms with E-state index in [1.54, 1.807) is 6.07 Å². The Morgan fingerprint density at radius 1 is 1.06 bits per heavy atom. The molecule has 1 heterocycles. The zero-order chi connectivity index (χ0) is 23.4. The van der Waals surface area contributed by atoms with Gasteiger partial charge in [-0.15, -0.1) is 0 Å². The van der Waals surface area contributed by atoms with Crippen LogP contribution < -0.4 is 10.6 Å². The lowest BCUT2D eigenvalue weighted by molar-refractivity contribution is -0.137. The molecule has 0 saturated carbocycles. The Balaban J connectivity index is 1.90. The molecule has 2 amide bonds. The molecular weight excluding hydrogens is 461 g/mol. The first-order valence-corrected chi connectivity index (χ1v) is 12.3. The average Bonchev–Trinajstić information content (AvgIpc) is 3.26. The van der Waals surface area contributed by atoms with Crippen LogP contribution in [0.5, 0.6) is 0 Å². The first kappa shape index (κ1) is 23.8. The third kappa shape index (κ3) is 5.89. The topological polar surface area (TPSA) is 75.3 Å². The van der Waals surface area contributed by atoms with Gasteiger partial charge < -0.3 is 10.6 Å². The van der Waals surface area contributed by atoms with Crippen LogP contribution in [-0.4, -0.2) is 20.2 Å². The zero-order valence-corrected chi connectivity index (χ0v) is 18.7. The Morgan fingerprint density at radius 3 is 2.50 bits per heavy atom.